The first-order valence-corrected chi connectivity index (χ1v) is 13.6. The Morgan fingerprint density at radius 1 is 1.11 bits per heavy atom. The minimum atomic E-state index is -1.35. The summed E-state index contributed by atoms with van der Waals surface area (Å²) < 4.78 is 5.34. The number of hydrogen-bond donors (Lipinski definition) is 3. The average Bonchev–Trinajstić information content (AvgIpc) is 2.83. The molecule has 0 aliphatic heterocycles. The number of para-hydroxylation sites is 2. The number of ether oxygens (including phenoxy) is 1. The summed E-state index contributed by atoms with van der Waals surface area (Å²) in [7, 11) is 0. The second-order valence-electron chi connectivity index (χ2n) is 9.82. The van der Waals surface area contributed by atoms with Gasteiger partial charge in [0, 0.05) is 11.3 Å². The molecule has 0 heterocycles. The molecular weight excluding hydrogens is 504 g/mol. The number of phenolic OH excluding ortho intramolecular Hbond substituents is 1. The van der Waals surface area contributed by atoms with E-state index in [2.05, 4.69) is 10.6 Å². The highest BCUT2D eigenvalue weighted by molar-refractivity contribution is 7.98. The Labute approximate surface area is 228 Å². The molecule has 204 valence electrons. The number of nitrogens with one attached hydrogen (secondary N) is 2. The molecule has 9 nitrogen and oxygen atoms in total. The van der Waals surface area contributed by atoms with Gasteiger partial charge in [-0.25, -0.2) is 4.79 Å². The summed E-state index contributed by atoms with van der Waals surface area (Å²) >= 11 is 1.48. The number of nitrogens with zero attached hydrogens (tertiary/aromatic N) is 2. The summed E-state index contributed by atoms with van der Waals surface area (Å²) in [6.45, 7) is 8.36. The van der Waals surface area contributed by atoms with Crippen LogP contribution in [0.15, 0.2) is 42.5 Å². The van der Waals surface area contributed by atoms with Gasteiger partial charge in [0.2, 0.25) is 5.91 Å². The van der Waals surface area contributed by atoms with Gasteiger partial charge in [0.1, 0.15) is 30.0 Å². The molecule has 2 rings (SSSR count). The molecule has 0 fully saturated rings. The summed E-state index contributed by atoms with van der Waals surface area (Å²) in [6.07, 6.45) is 1.32. The number of benzene rings is 2. The van der Waals surface area contributed by atoms with Crippen molar-refractivity contribution in [2.75, 3.05) is 23.9 Å². The summed E-state index contributed by atoms with van der Waals surface area (Å²) in [6, 6.07) is 11.3. The number of rotatable bonds is 10. The van der Waals surface area contributed by atoms with Gasteiger partial charge in [-0.1, -0.05) is 36.4 Å². The van der Waals surface area contributed by atoms with E-state index in [4.69, 9.17) is 4.74 Å². The van der Waals surface area contributed by atoms with Crippen LogP contribution in [-0.2, 0) is 14.3 Å². The summed E-state index contributed by atoms with van der Waals surface area (Å²) in [4.78, 5) is 41.3. The molecule has 0 aromatic heterocycles. The summed E-state index contributed by atoms with van der Waals surface area (Å²) in [5, 5.41) is 25.8. The van der Waals surface area contributed by atoms with Gasteiger partial charge in [0.25, 0.3) is 5.91 Å². The van der Waals surface area contributed by atoms with E-state index < -0.39 is 42.1 Å². The Kier molecular flexibility index (Phi) is 11.0. The Balaban J connectivity index is 2.54. The van der Waals surface area contributed by atoms with Gasteiger partial charge in [0.05, 0.1) is 6.07 Å². The molecule has 3 N–H and O–H groups in total. The van der Waals surface area contributed by atoms with Gasteiger partial charge in [-0.05, 0) is 70.2 Å². The molecule has 0 saturated carbocycles. The fraction of sp³-hybridized carbons (Fsp3) is 0.429. The maximum atomic E-state index is 13.9. The average molecular weight is 541 g/mol. The molecular formula is C28H36N4O5S. The zero-order chi connectivity index (χ0) is 28.5. The molecule has 2 aromatic carbocycles. The lowest BCUT2D eigenvalue weighted by atomic mass is 10.0. The van der Waals surface area contributed by atoms with Crippen molar-refractivity contribution in [1.82, 2.24) is 10.2 Å². The van der Waals surface area contributed by atoms with Crippen molar-refractivity contribution in [3.05, 3.63) is 59.2 Å². The van der Waals surface area contributed by atoms with Crippen LogP contribution in [0.1, 0.15) is 49.9 Å². The fourth-order valence-corrected chi connectivity index (χ4v) is 4.36. The normalized spacial score (nSPS) is 12.6. The molecule has 0 aliphatic rings. The Morgan fingerprint density at radius 2 is 1.74 bits per heavy atom. The van der Waals surface area contributed by atoms with E-state index >= 15 is 0 Å². The molecule has 0 bridgehead atoms. The SMILES string of the molecule is CSCCC(NC(=O)OC(C)(C)C)C(=O)N(CC#N)C(C(=O)Nc1c(C)cccc1C)c1ccccc1O. The quantitative estimate of drug-likeness (QED) is 0.373. The van der Waals surface area contributed by atoms with Gasteiger partial charge in [-0.3, -0.25) is 9.59 Å². The third-order valence-electron chi connectivity index (χ3n) is 5.64. The van der Waals surface area contributed by atoms with Gasteiger partial charge in [0.15, 0.2) is 0 Å². The van der Waals surface area contributed by atoms with Gasteiger partial charge >= 0.3 is 6.09 Å². The molecule has 0 saturated heterocycles. The van der Waals surface area contributed by atoms with E-state index in [0.29, 0.717) is 11.4 Å². The summed E-state index contributed by atoms with van der Waals surface area (Å²) in [5.41, 5.74) is 1.58. The van der Waals surface area contributed by atoms with Crippen molar-refractivity contribution in [2.24, 2.45) is 0 Å². The maximum absolute atomic E-state index is 13.9. The number of phenols is 1. The second kappa shape index (κ2) is 13.7. The second-order valence-corrected chi connectivity index (χ2v) is 10.8. The third kappa shape index (κ3) is 8.42. The lowest BCUT2D eigenvalue weighted by Crippen LogP contribution is -2.52. The van der Waals surface area contributed by atoms with Gasteiger partial charge < -0.3 is 25.4 Å². The van der Waals surface area contributed by atoms with E-state index in [1.165, 1.54) is 23.9 Å². The van der Waals surface area contributed by atoms with Crippen molar-refractivity contribution in [3.63, 3.8) is 0 Å². The Hall–Kier alpha value is -3.71. The zero-order valence-electron chi connectivity index (χ0n) is 22.7. The highest BCUT2D eigenvalue weighted by Crippen LogP contribution is 2.32. The number of anilines is 1. The highest BCUT2D eigenvalue weighted by Gasteiger charge is 2.37. The van der Waals surface area contributed by atoms with Crippen LogP contribution in [0.25, 0.3) is 0 Å². The van der Waals surface area contributed by atoms with Crippen LogP contribution < -0.4 is 10.6 Å². The largest absolute Gasteiger partial charge is 0.508 e. The first-order valence-electron chi connectivity index (χ1n) is 12.2. The lowest BCUT2D eigenvalue weighted by molar-refractivity contribution is -0.140. The predicted molar refractivity (Wildman–Crippen MR) is 149 cm³/mol. The van der Waals surface area contributed by atoms with Crippen molar-refractivity contribution >= 4 is 35.4 Å². The minimum Gasteiger partial charge on any atom is -0.508 e. The van der Waals surface area contributed by atoms with E-state index in [-0.39, 0.29) is 17.7 Å². The number of alkyl carbamates (subject to hydrolysis) is 1. The van der Waals surface area contributed by atoms with Gasteiger partial charge in [-0.15, -0.1) is 0 Å². The predicted octanol–water partition coefficient (Wildman–Crippen LogP) is 4.69. The number of hydrogen-bond acceptors (Lipinski definition) is 7. The van der Waals surface area contributed by atoms with Crippen LogP contribution in [0.5, 0.6) is 5.75 Å². The molecule has 2 aromatic rings. The van der Waals surface area contributed by atoms with Crippen molar-refractivity contribution in [2.45, 2.75) is 58.7 Å². The van der Waals surface area contributed by atoms with Gasteiger partial charge in [-0.2, -0.15) is 17.0 Å². The molecule has 10 heteroatoms. The Bertz CT molecular complexity index is 1170. The molecule has 0 radical (unpaired) electrons. The zero-order valence-corrected chi connectivity index (χ0v) is 23.5. The standard InChI is InChI=1S/C28H36N4O5S/c1-18-10-9-11-19(2)23(18)31-25(34)24(20-12-7-8-13-22(20)33)32(16-15-29)26(35)21(14-17-38-6)30-27(36)37-28(3,4)5/h7-13,21,24,33H,14,16-17H2,1-6H3,(H,30,36)(H,31,34). The van der Waals surface area contributed by atoms with Crippen molar-refractivity contribution in [1.29, 1.82) is 5.26 Å². The van der Waals surface area contributed by atoms with E-state index in [9.17, 15) is 24.8 Å². The Morgan fingerprint density at radius 3 is 2.29 bits per heavy atom. The van der Waals surface area contributed by atoms with Crippen LogP contribution in [-0.4, -0.2) is 58.1 Å². The van der Waals surface area contributed by atoms with Crippen LogP contribution in [0.3, 0.4) is 0 Å². The number of thioether (sulfide) groups is 1. The molecule has 0 aliphatic carbocycles. The molecule has 2 atom stereocenters. The van der Waals surface area contributed by atoms with Crippen LogP contribution >= 0.6 is 11.8 Å². The van der Waals surface area contributed by atoms with Crippen molar-refractivity contribution < 1.29 is 24.2 Å². The van der Waals surface area contributed by atoms with E-state index in [1.54, 1.807) is 32.9 Å². The smallest absolute Gasteiger partial charge is 0.408 e. The fourth-order valence-electron chi connectivity index (χ4n) is 3.89. The van der Waals surface area contributed by atoms with Crippen LogP contribution in [0, 0.1) is 25.2 Å². The minimum absolute atomic E-state index is 0.153. The van der Waals surface area contributed by atoms with Crippen molar-refractivity contribution in [3.8, 4) is 11.8 Å². The summed E-state index contributed by atoms with van der Waals surface area (Å²) in [5.74, 6) is -0.918. The third-order valence-corrected chi connectivity index (χ3v) is 6.29. The topological polar surface area (TPSA) is 132 Å². The van der Waals surface area contributed by atoms with E-state index in [0.717, 1.165) is 16.0 Å². The first kappa shape index (κ1) is 30.5. The molecule has 38 heavy (non-hydrogen) atoms. The molecule has 0 spiro atoms. The number of aryl methyl sites for hydroxylation is 2. The monoisotopic (exact) mass is 540 g/mol. The number of amides is 3. The molecule has 2 unspecified atom stereocenters. The number of aromatic hydroxyl groups is 1. The number of carbonyl (C=O) groups excluding carboxylic acids is 3. The number of carbonyl (C=O) groups is 3. The molecule has 3 amide bonds. The first-order chi connectivity index (χ1) is 17.9. The number of nitriles is 1. The maximum Gasteiger partial charge on any atom is 0.408 e. The highest BCUT2D eigenvalue weighted by atomic mass is 32.2. The van der Waals surface area contributed by atoms with E-state index in [1.807, 2.05) is 44.4 Å². The van der Waals surface area contributed by atoms with Crippen LogP contribution in [0.4, 0.5) is 10.5 Å². The lowest BCUT2D eigenvalue weighted by Gasteiger charge is -2.33. The van der Waals surface area contributed by atoms with Crippen LogP contribution in [0.2, 0.25) is 0 Å².